The molecule has 176 valence electrons. The Hall–Kier alpha value is -1.58. The summed E-state index contributed by atoms with van der Waals surface area (Å²) in [6.07, 6.45) is 1.24. The molecule has 0 aliphatic carbocycles. The number of aliphatic imine (C=N–C) groups is 1. The number of aliphatic hydroxyl groups is 1. The van der Waals surface area contributed by atoms with E-state index in [4.69, 9.17) is 9.73 Å². The van der Waals surface area contributed by atoms with Crippen molar-refractivity contribution >= 4 is 47.4 Å². The van der Waals surface area contributed by atoms with Crippen molar-refractivity contribution in [2.45, 2.75) is 30.7 Å². The minimum Gasteiger partial charge on any atom is -0.491 e. The summed E-state index contributed by atoms with van der Waals surface area (Å²) in [7, 11) is 0. The first-order valence-corrected chi connectivity index (χ1v) is 11.1. The van der Waals surface area contributed by atoms with Crippen LogP contribution in [0.15, 0.2) is 47.5 Å². The molecule has 2 aromatic rings. The van der Waals surface area contributed by atoms with Crippen LogP contribution in [0.4, 0.5) is 14.5 Å². The van der Waals surface area contributed by atoms with Crippen molar-refractivity contribution in [3.05, 3.63) is 59.7 Å². The molecule has 4 rings (SSSR count). The average Bonchev–Trinajstić information content (AvgIpc) is 2.76. The SMILES string of the molecule is Cl.Cl.OC(COc1ccc(F)c(F)c1)CN1CCC(NC2=Nc3ccccc3CS2)CC1. The second-order valence-corrected chi connectivity index (χ2v) is 8.56. The van der Waals surface area contributed by atoms with Crippen molar-refractivity contribution in [3.63, 3.8) is 0 Å². The highest BCUT2D eigenvalue weighted by Gasteiger charge is 2.23. The molecule has 0 radical (unpaired) electrons. The monoisotopic (exact) mass is 505 g/mol. The quantitative estimate of drug-likeness (QED) is 0.603. The van der Waals surface area contributed by atoms with Gasteiger partial charge in [0.2, 0.25) is 0 Å². The van der Waals surface area contributed by atoms with Gasteiger partial charge in [-0.25, -0.2) is 13.8 Å². The second kappa shape index (κ2) is 12.6. The van der Waals surface area contributed by atoms with E-state index in [2.05, 4.69) is 16.3 Å². The van der Waals surface area contributed by atoms with Crippen molar-refractivity contribution in [2.24, 2.45) is 4.99 Å². The van der Waals surface area contributed by atoms with Gasteiger partial charge in [-0.05, 0) is 36.6 Å². The predicted octanol–water partition coefficient (Wildman–Crippen LogP) is 4.54. The molecule has 2 N–H and O–H groups in total. The molecule has 1 atom stereocenters. The Morgan fingerprint density at radius 1 is 1.12 bits per heavy atom. The van der Waals surface area contributed by atoms with E-state index < -0.39 is 17.7 Å². The van der Waals surface area contributed by atoms with Gasteiger partial charge in [-0.1, -0.05) is 30.0 Å². The van der Waals surface area contributed by atoms with Gasteiger partial charge in [0, 0.05) is 37.5 Å². The van der Waals surface area contributed by atoms with Crippen molar-refractivity contribution in [2.75, 3.05) is 26.2 Å². The normalized spacial score (nSPS) is 17.3. The van der Waals surface area contributed by atoms with Gasteiger partial charge >= 0.3 is 0 Å². The van der Waals surface area contributed by atoms with E-state index >= 15 is 0 Å². The molecule has 0 aromatic heterocycles. The fourth-order valence-electron chi connectivity index (χ4n) is 3.65. The molecule has 2 aliphatic rings. The number of piperidine rings is 1. The summed E-state index contributed by atoms with van der Waals surface area (Å²) in [5.41, 5.74) is 2.31. The number of thioether (sulfide) groups is 1. The van der Waals surface area contributed by atoms with Gasteiger partial charge in [0.1, 0.15) is 18.5 Å². The summed E-state index contributed by atoms with van der Waals surface area (Å²) in [4.78, 5) is 6.92. The summed E-state index contributed by atoms with van der Waals surface area (Å²) in [6, 6.07) is 11.9. The Balaban J connectivity index is 0.00000181. The Morgan fingerprint density at radius 2 is 1.88 bits per heavy atom. The first-order chi connectivity index (χ1) is 14.6. The number of ether oxygens (including phenoxy) is 1. The Morgan fingerprint density at radius 3 is 2.62 bits per heavy atom. The lowest BCUT2D eigenvalue weighted by Crippen LogP contribution is -2.46. The van der Waals surface area contributed by atoms with Crippen molar-refractivity contribution < 1.29 is 18.6 Å². The number of nitrogens with one attached hydrogen (secondary N) is 1. The number of hydrogen-bond acceptors (Lipinski definition) is 6. The molecule has 32 heavy (non-hydrogen) atoms. The molecule has 5 nitrogen and oxygen atoms in total. The Labute approximate surface area is 203 Å². The fourth-order valence-corrected chi connectivity index (χ4v) is 4.60. The van der Waals surface area contributed by atoms with Crippen LogP contribution in [-0.2, 0) is 5.75 Å². The maximum absolute atomic E-state index is 13.2. The van der Waals surface area contributed by atoms with Crippen molar-refractivity contribution in [1.82, 2.24) is 10.2 Å². The molecule has 0 amide bonds. The minimum atomic E-state index is -0.958. The van der Waals surface area contributed by atoms with E-state index in [1.54, 1.807) is 11.8 Å². The molecule has 2 aliphatic heterocycles. The number of para-hydroxylation sites is 1. The van der Waals surface area contributed by atoms with E-state index in [0.29, 0.717) is 12.6 Å². The van der Waals surface area contributed by atoms with Crippen LogP contribution >= 0.6 is 36.6 Å². The molecule has 1 fully saturated rings. The predicted molar refractivity (Wildman–Crippen MR) is 130 cm³/mol. The van der Waals surface area contributed by atoms with Crippen LogP contribution in [-0.4, -0.2) is 53.6 Å². The number of rotatable bonds is 6. The van der Waals surface area contributed by atoms with Gasteiger partial charge < -0.3 is 20.1 Å². The number of aliphatic hydroxyl groups excluding tert-OH is 1. The number of amidine groups is 1. The molecule has 0 spiro atoms. The van der Waals surface area contributed by atoms with Crippen LogP contribution in [0.3, 0.4) is 0 Å². The highest BCUT2D eigenvalue weighted by Crippen LogP contribution is 2.30. The standard InChI is InChI=1S/C22H25F2N3O2S.2ClH/c23-19-6-5-18(11-20(19)24)29-13-17(28)12-27-9-7-16(8-10-27)25-22-26-21-4-2-1-3-15(21)14-30-22;;/h1-6,11,16-17,28H,7-10,12-14H2,(H,25,26);2*1H. The number of likely N-dealkylation sites (tertiary alicyclic amines) is 1. The van der Waals surface area contributed by atoms with Gasteiger partial charge in [-0.2, -0.15) is 0 Å². The molecule has 2 aromatic carbocycles. The largest absolute Gasteiger partial charge is 0.491 e. The first kappa shape index (κ1) is 26.7. The van der Waals surface area contributed by atoms with Gasteiger partial charge in [0.25, 0.3) is 0 Å². The third-order valence-electron chi connectivity index (χ3n) is 5.30. The average molecular weight is 506 g/mol. The molecule has 2 heterocycles. The summed E-state index contributed by atoms with van der Waals surface area (Å²) < 4.78 is 31.5. The van der Waals surface area contributed by atoms with Crippen molar-refractivity contribution in [1.29, 1.82) is 0 Å². The zero-order chi connectivity index (χ0) is 20.9. The van der Waals surface area contributed by atoms with E-state index in [-0.39, 0.29) is 37.2 Å². The number of fused-ring (bicyclic) bond motifs is 1. The molecule has 1 saturated heterocycles. The van der Waals surface area contributed by atoms with Gasteiger partial charge in [-0.15, -0.1) is 24.8 Å². The molecular formula is C22H27Cl2F2N3O2S. The Kier molecular flexibility index (Phi) is 10.5. The van der Waals surface area contributed by atoms with E-state index in [0.717, 1.165) is 54.7 Å². The third-order valence-corrected chi connectivity index (χ3v) is 6.23. The number of β-amino-alcohol motifs (C(OH)–C–C–N with tert-alkyl or cyclic N) is 1. The minimum absolute atomic E-state index is 0. The molecule has 1 unspecified atom stereocenters. The lowest BCUT2D eigenvalue weighted by atomic mass is 10.1. The van der Waals surface area contributed by atoms with Crippen LogP contribution in [0.5, 0.6) is 5.75 Å². The lowest BCUT2D eigenvalue weighted by molar-refractivity contribution is 0.0587. The van der Waals surface area contributed by atoms with Crippen molar-refractivity contribution in [3.8, 4) is 5.75 Å². The maximum atomic E-state index is 13.2. The number of halogens is 4. The van der Waals surface area contributed by atoms with Crippen LogP contribution in [0.25, 0.3) is 0 Å². The summed E-state index contributed by atoms with van der Waals surface area (Å²) >= 11 is 1.74. The zero-order valence-corrected chi connectivity index (χ0v) is 19.8. The van der Waals surface area contributed by atoms with E-state index in [1.165, 1.54) is 11.6 Å². The highest BCUT2D eigenvalue weighted by atomic mass is 35.5. The van der Waals surface area contributed by atoms with Crippen LogP contribution in [0, 0.1) is 11.6 Å². The number of benzene rings is 2. The van der Waals surface area contributed by atoms with Crippen LogP contribution in [0.1, 0.15) is 18.4 Å². The molecule has 10 heteroatoms. The van der Waals surface area contributed by atoms with E-state index in [1.807, 2.05) is 18.2 Å². The Bertz CT molecular complexity index is 914. The zero-order valence-electron chi connectivity index (χ0n) is 17.4. The van der Waals surface area contributed by atoms with E-state index in [9.17, 15) is 13.9 Å². The lowest BCUT2D eigenvalue weighted by Gasteiger charge is -2.34. The maximum Gasteiger partial charge on any atom is 0.162 e. The van der Waals surface area contributed by atoms with Gasteiger partial charge in [0.05, 0.1) is 5.69 Å². The summed E-state index contributed by atoms with van der Waals surface area (Å²) in [5, 5.41) is 14.8. The fraction of sp³-hybridized carbons (Fsp3) is 0.409. The topological polar surface area (TPSA) is 57.1 Å². The summed E-state index contributed by atoms with van der Waals surface area (Å²) in [6.45, 7) is 2.26. The molecular weight excluding hydrogens is 479 g/mol. The second-order valence-electron chi connectivity index (χ2n) is 7.59. The van der Waals surface area contributed by atoms with Gasteiger partial charge in [0.15, 0.2) is 16.8 Å². The van der Waals surface area contributed by atoms with Gasteiger partial charge in [-0.3, -0.25) is 0 Å². The third kappa shape index (κ3) is 7.22. The highest BCUT2D eigenvalue weighted by molar-refractivity contribution is 8.13. The smallest absolute Gasteiger partial charge is 0.162 e. The molecule has 0 saturated carbocycles. The summed E-state index contributed by atoms with van der Waals surface area (Å²) in [5.74, 6) is -0.726. The number of hydrogen-bond donors (Lipinski definition) is 2. The van der Waals surface area contributed by atoms with Crippen LogP contribution in [0.2, 0.25) is 0 Å². The first-order valence-electron chi connectivity index (χ1n) is 10.1. The van der Waals surface area contributed by atoms with Crippen LogP contribution < -0.4 is 10.1 Å². The number of nitrogens with zero attached hydrogens (tertiary/aromatic N) is 2. The molecule has 0 bridgehead atoms.